The fraction of sp³-hybridized carbons (Fsp3) is 0.538. The second kappa shape index (κ2) is 6.42. The summed E-state index contributed by atoms with van der Waals surface area (Å²) < 4.78 is 6.94. The highest BCUT2D eigenvalue weighted by Gasteiger charge is 2.17. The van der Waals surface area contributed by atoms with Crippen molar-refractivity contribution in [2.45, 2.75) is 32.4 Å². The lowest BCUT2D eigenvalue weighted by Gasteiger charge is -2.16. The third kappa shape index (κ3) is 3.11. The van der Waals surface area contributed by atoms with Crippen LogP contribution in [0, 0.1) is 0 Å². The van der Waals surface area contributed by atoms with Gasteiger partial charge in [0.1, 0.15) is 12.2 Å². The van der Waals surface area contributed by atoms with Crippen LogP contribution in [0.1, 0.15) is 37.4 Å². The molecule has 0 aliphatic rings. The number of hydrogen-bond donors (Lipinski definition) is 1. The van der Waals surface area contributed by atoms with E-state index < -0.39 is 0 Å². The first-order valence-corrected chi connectivity index (χ1v) is 6.59. The van der Waals surface area contributed by atoms with Crippen LogP contribution in [0.2, 0.25) is 0 Å². The summed E-state index contributed by atoms with van der Waals surface area (Å²) in [6, 6.07) is 4.03. The van der Waals surface area contributed by atoms with Crippen LogP contribution in [0.4, 0.5) is 0 Å². The molecule has 2 rings (SSSR count). The SMILES string of the molecule is CNC(Cc1ncnn1C(C)C)c1ccc(OC)nn1. The van der Waals surface area contributed by atoms with Gasteiger partial charge in [-0.05, 0) is 27.0 Å². The van der Waals surface area contributed by atoms with E-state index in [0.29, 0.717) is 12.3 Å². The first-order chi connectivity index (χ1) is 9.65. The van der Waals surface area contributed by atoms with Crippen molar-refractivity contribution in [3.63, 3.8) is 0 Å². The van der Waals surface area contributed by atoms with Crippen LogP contribution in [0.15, 0.2) is 18.5 Å². The monoisotopic (exact) mass is 276 g/mol. The molecule has 1 unspecified atom stereocenters. The van der Waals surface area contributed by atoms with Crippen molar-refractivity contribution in [2.24, 2.45) is 0 Å². The highest BCUT2D eigenvalue weighted by molar-refractivity contribution is 5.15. The number of ether oxygens (including phenoxy) is 1. The highest BCUT2D eigenvalue weighted by Crippen LogP contribution is 2.17. The number of hydrogen-bond acceptors (Lipinski definition) is 6. The van der Waals surface area contributed by atoms with Crippen molar-refractivity contribution in [3.8, 4) is 5.88 Å². The van der Waals surface area contributed by atoms with E-state index in [-0.39, 0.29) is 12.1 Å². The van der Waals surface area contributed by atoms with Gasteiger partial charge in [-0.3, -0.25) is 0 Å². The maximum atomic E-state index is 5.02. The molecular weight excluding hydrogens is 256 g/mol. The second-order valence-corrected chi connectivity index (χ2v) is 4.76. The molecule has 2 aromatic rings. The molecular formula is C13H20N6O. The zero-order chi connectivity index (χ0) is 14.5. The Labute approximate surface area is 118 Å². The summed E-state index contributed by atoms with van der Waals surface area (Å²) in [5, 5.41) is 15.7. The lowest BCUT2D eigenvalue weighted by molar-refractivity contribution is 0.389. The minimum Gasteiger partial charge on any atom is -0.480 e. The molecule has 0 spiro atoms. The predicted molar refractivity (Wildman–Crippen MR) is 74.5 cm³/mol. The van der Waals surface area contributed by atoms with E-state index in [1.54, 1.807) is 19.5 Å². The molecule has 0 radical (unpaired) electrons. The van der Waals surface area contributed by atoms with E-state index >= 15 is 0 Å². The van der Waals surface area contributed by atoms with Crippen molar-refractivity contribution in [2.75, 3.05) is 14.2 Å². The van der Waals surface area contributed by atoms with Gasteiger partial charge < -0.3 is 10.1 Å². The van der Waals surface area contributed by atoms with Gasteiger partial charge in [0.15, 0.2) is 0 Å². The number of aromatic nitrogens is 5. The molecule has 1 atom stereocenters. The van der Waals surface area contributed by atoms with Crippen molar-refractivity contribution >= 4 is 0 Å². The van der Waals surface area contributed by atoms with Crippen LogP contribution in [0.5, 0.6) is 5.88 Å². The average Bonchev–Trinajstić information content (AvgIpc) is 2.93. The van der Waals surface area contributed by atoms with Gasteiger partial charge in [-0.25, -0.2) is 9.67 Å². The van der Waals surface area contributed by atoms with Gasteiger partial charge in [0.25, 0.3) is 0 Å². The Morgan fingerprint density at radius 2 is 2.10 bits per heavy atom. The van der Waals surface area contributed by atoms with Crippen molar-refractivity contribution in [1.82, 2.24) is 30.3 Å². The first-order valence-electron chi connectivity index (χ1n) is 6.59. The molecule has 0 bridgehead atoms. The number of nitrogens with zero attached hydrogens (tertiary/aromatic N) is 5. The lowest BCUT2D eigenvalue weighted by Crippen LogP contribution is -2.23. The molecule has 7 heteroatoms. The Morgan fingerprint density at radius 3 is 2.65 bits per heavy atom. The second-order valence-electron chi connectivity index (χ2n) is 4.76. The molecule has 0 saturated heterocycles. The van der Waals surface area contributed by atoms with Crippen LogP contribution in [0.3, 0.4) is 0 Å². The van der Waals surface area contributed by atoms with Crippen molar-refractivity contribution in [3.05, 3.63) is 30.0 Å². The summed E-state index contributed by atoms with van der Waals surface area (Å²) in [6.45, 7) is 4.17. The molecule has 1 N–H and O–H groups in total. The summed E-state index contributed by atoms with van der Waals surface area (Å²) in [4.78, 5) is 4.32. The van der Waals surface area contributed by atoms with Crippen LogP contribution in [-0.2, 0) is 6.42 Å². The van der Waals surface area contributed by atoms with Gasteiger partial charge >= 0.3 is 0 Å². The number of methoxy groups -OCH3 is 1. The van der Waals surface area contributed by atoms with Crippen LogP contribution in [0.25, 0.3) is 0 Å². The third-order valence-electron chi connectivity index (χ3n) is 3.10. The van der Waals surface area contributed by atoms with Gasteiger partial charge in [-0.1, -0.05) is 0 Å². The molecule has 0 aromatic carbocycles. The predicted octanol–water partition coefficient (Wildman–Crippen LogP) is 1.16. The topological polar surface area (TPSA) is 77.8 Å². The van der Waals surface area contributed by atoms with E-state index in [1.807, 2.05) is 17.8 Å². The summed E-state index contributed by atoms with van der Waals surface area (Å²) in [6.07, 6.45) is 2.29. The van der Waals surface area contributed by atoms with Gasteiger partial charge in [0.05, 0.1) is 18.8 Å². The zero-order valence-electron chi connectivity index (χ0n) is 12.2. The maximum Gasteiger partial charge on any atom is 0.233 e. The van der Waals surface area contributed by atoms with Gasteiger partial charge in [0, 0.05) is 18.5 Å². The standard InChI is InChI=1S/C13H20N6O/c1-9(2)19-12(15-8-16-19)7-11(14-3)10-5-6-13(20-4)18-17-10/h5-6,8-9,11,14H,7H2,1-4H3. The number of nitrogens with one attached hydrogen (secondary N) is 1. The van der Waals surface area contributed by atoms with Crippen molar-refractivity contribution in [1.29, 1.82) is 0 Å². The van der Waals surface area contributed by atoms with Crippen molar-refractivity contribution < 1.29 is 4.74 Å². The fourth-order valence-electron chi connectivity index (χ4n) is 2.01. The first kappa shape index (κ1) is 14.4. The third-order valence-corrected chi connectivity index (χ3v) is 3.10. The maximum absolute atomic E-state index is 5.02. The van der Waals surface area contributed by atoms with Gasteiger partial charge in [0.2, 0.25) is 5.88 Å². The minimum atomic E-state index is 0.0371. The highest BCUT2D eigenvalue weighted by atomic mass is 16.5. The summed E-state index contributed by atoms with van der Waals surface area (Å²) in [5.41, 5.74) is 0.853. The summed E-state index contributed by atoms with van der Waals surface area (Å²) in [5.74, 6) is 1.44. The van der Waals surface area contributed by atoms with E-state index in [9.17, 15) is 0 Å². The Morgan fingerprint density at radius 1 is 1.30 bits per heavy atom. The molecule has 2 heterocycles. The fourth-order valence-corrected chi connectivity index (χ4v) is 2.01. The van der Waals surface area contributed by atoms with E-state index in [1.165, 1.54) is 0 Å². The largest absolute Gasteiger partial charge is 0.480 e. The Balaban J connectivity index is 2.17. The smallest absolute Gasteiger partial charge is 0.233 e. The molecule has 2 aromatic heterocycles. The summed E-state index contributed by atoms with van der Waals surface area (Å²) in [7, 11) is 3.47. The Kier molecular flexibility index (Phi) is 4.62. The zero-order valence-corrected chi connectivity index (χ0v) is 12.2. The minimum absolute atomic E-state index is 0.0371. The molecule has 7 nitrogen and oxygen atoms in total. The van der Waals surface area contributed by atoms with E-state index in [2.05, 4.69) is 39.4 Å². The Hall–Kier alpha value is -2.02. The average molecular weight is 276 g/mol. The van der Waals surface area contributed by atoms with Crippen LogP contribution in [-0.4, -0.2) is 39.1 Å². The molecule has 0 fully saturated rings. The van der Waals surface area contributed by atoms with Gasteiger partial charge in [-0.2, -0.15) is 10.2 Å². The number of rotatable bonds is 6. The normalized spacial score (nSPS) is 12.7. The molecule has 0 aliphatic heterocycles. The van der Waals surface area contributed by atoms with E-state index in [0.717, 1.165) is 11.5 Å². The van der Waals surface area contributed by atoms with Gasteiger partial charge in [-0.15, -0.1) is 5.10 Å². The number of likely N-dealkylation sites (N-methyl/N-ethyl adjacent to an activating group) is 1. The molecule has 0 amide bonds. The van der Waals surface area contributed by atoms with E-state index in [4.69, 9.17) is 4.74 Å². The Bertz CT molecular complexity index is 536. The molecule has 20 heavy (non-hydrogen) atoms. The molecule has 0 saturated carbocycles. The van der Waals surface area contributed by atoms with Crippen LogP contribution >= 0.6 is 0 Å². The van der Waals surface area contributed by atoms with Crippen LogP contribution < -0.4 is 10.1 Å². The quantitative estimate of drug-likeness (QED) is 0.853. The molecule has 0 aliphatic carbocycles. The summed E-state index contributed by atoms with van der Waals surface area (Å²) >= 11 is 0. The lowest BCUT2D eigenvalue weighted by atomic mass is 10.1. The molecule has 108 valence electrons.